The molecule has 142 valence electrons. The van der Waals surface area contributed by atoms with Crippen LogP contribution in [-0.4, -0.2) is 23.2 Å². The smallest absolute Gasteiger partial charge is 0.266 e. The van der Waals surface area contributed by atoms with E-state index in [1.165, 1.54) is 29.9 Å². The van der Waals surface area contributed by atoms with Crippen molar-refractivity contribution in [1.29, 1.82) is 5.26 Å². The zero-order valence-corrected chi connectivity index (χ0v) is 16.6. The molecule has 0 radical (unpaired) electrons. The quantitative estimate of drug-likeness (QED) is 0.670. The standard InChI is InChI=1S/C20H16BrFN4O2/c1-28-17-5-4-12(9-15(17)22)26-19(16-3-2-6-24-16)25-18-13(20(26)27)7-11(10-23)8-14(18)21/h4-5,7-9,16,24H,2-3,6H2,1H3/t16-/m1/s1. The topological polar surface area (TPSA) is 79.9 Å². The first kappa shape index (κ1) is 18.6. The van der Waals surface area contributed by atoms with Gasteiger partial charge in [0.2, 0.25) is 0 Å². The van der Waals surface area contributed by atoms with Crippen molar-refractivity contribution in [3.63, 3.8) is 0 Å². The number of nitriles is 1. The summed E-state index contributed by atoms with van der Waals surface area (Å²) < 4.78 is 21.3. The fraction of sp³-hybridized carbons (Fsp3) is 0.250. The van der Waals surface area contributed by atoms with Crippen molar-refractivity contribution in [2.45, 2.75) is 18.9 Å². The summed E-state index contributed by atoms with van der Waals surface area (Å²) in [5, 5.41) is 12.9. The highest BCUT2D eigenvalue weighted by Crippen LogP contribution is 2.29. The van der Waals surface area contributed by atoms with Crippen LogP contribution in [0.15, 0.2) is 39.6 Å². The first-order valence-corrected chi connectivity index (χ1v) is 9.56. The summed E-state index contributed by atoms with van der Waals surface area (Å²) in [5.41, 5.74) is 0.839. The summed E-state index contributed by atoms with van der Waals surface area (Å²) >= 11 is 3.42. The molecule has 0 spiro atoms. The van der Waals surface area contributed by atoms with Crippen LogP contribution in [0, 0.1) is 17.1 Å². The summed E-state index contributed by atoms with van der Waals surface area (Å²) in [6.07, 6.45) is 1.79. The maximum Gasteiger partial charge on any atom is 0.266 e. The van der Waals surface area contributed by atoms with Gasteiger partial charge < -0.3 is 10.1 Å². The van der Waals surface area contributed by atoms with Gasteiger partial charge in [0, 0.05) is 10.5 Å². The van der Waals surface area contributed by atoms with E-state index in [2.05, 4.69) is 21.2 Å². The van der Waals surface area contributed by atoms with Gasteiger partial charge in [0.25, 0.3) is 5.56 Å². The third kappa shape index (κ3) is 3.07. The molecule has 1 aliphatic rings. The fourth-order valence-corrected chi connectivity index (χ4v) is 4.06. The first-order valence-electron chi connectivity index (χ1n) is 8.77. The van der Waals surface area contributed by atoms with E-state index in [0.29, 0.717) is 32.5 Å². The van der Waals surface area contributed by atoms with E-state index >= 15 is 0 Å². The van der Waals surface area contributed by atoms with Gasteiger partial charge in [0.05, 0.1) is 41.4 Å². The second-order valence-corrected chi connectivity index (χ2v) is 7.40. The van der Waals surface area contributed by atoms with E-state index < -0.39 is 5.82 Å². The van der Waals surface area contributed by atoms with Crippen LogP contribution in [0.3, 0.4) is 0 Å². The average molecular weight is 443 g/mol. The normalized spacial score (nSPS) is 16.3. The second kappa shape index (κ2) is 7.34. The maximum atomic E-state index is 14.3. The van der Waals surface area contributed by atoms with Crippen molar-refractivity contribution < 1.29 is 9.13 Å². The molecule has 1 atom stereocenters. The molecule has 3 aromatic rings. The Morgan fingerprint density at radius 1 is 1.39 bits per heavy atom. The number of methoxy groups -OCH3 is 1. The third-order valence-electron chi connectivity index (χ3n) is 4.85. The van der Waals surface area contributed by atoms with Gasteiger partial charge >= 0.3 is 0 Å². The van der Waals surface area contributed by atoms with Crippen molar-refractivity contribution in [3.8, 4) is 17.5 Å². The van der Waals surface area contributed by atoms with Crippen molar-refractivity contribution in [1.82, 2.24) is 14.9 Å². The Kier molecular flexibility index (Phi) is 4.87. The number of rotatable bonds is 3. The van der Waals surface area contributed by atoms with Gasteiger partial charge in [-0.05, 0) is 59.6 Å². The molecule has 4 rings (SSSR count). The molecule has 0 bridgehead atoms. The van der Waals surface area contributed by atoms with Crippen LogP contribution in [0.2, 0.25) is 0 Å². The summed E-state index contributed by atoms with van der Waals surface area (Å²) in [6.45, 7) is 0.823. The molecule has 1 N–H and O–H groups in total. The molecule has 1 fully saturated rings. The SMILES string of the molecule is COc1ccc(-n2c([C@H]3CCCN3)nc3c(Br)cc(C#N)cc3c2=O)cc1F. The number of fused-ring (bicyclic) bond motifs is 1. The van der Waals surface area contributed by atoms with E-state index in [1.807, 2.05) is 6.07 Å². The summed E-state index contributed by atoms with van der Waals surface area (Å²) in [4.78, 5) is 18.1. The lowest BCUT2D eigenvalue weighted by Crippen LogP contribution is -2.29. The van der Waals surface area contributed by atoms with Crippen LogP contribution in [0.5, 0.6) is 5.75 Å². The van der Waals surface area contributed by atoms with Crippen LogP contribution in [0.4, 0.5) is 4.39 Å². The Bertz CT molecular complexity index is 1180. The monoisotopic (exact) mass is 442 g/mol. The summed E-state index contributed by atoms with van der Waals surface area (Å²) in [7, 11) is 1.39. The van der Waals surface area contributed by atoms with Gasteiger partial charge in [-0.15, -0.1) is 0 Å². The molecule has 0 unspecified atom stereocenters. The number of benzene rings is 2. The third-order valence-corrected chi connectivity index (χ3v) is 5.45. The predicted molar refractivity (Wildman–Crippen MR) is 106 cm³/mol. The Hall–Kier alpha value is -2.76. The number of ether oxygens (including phenoxy) is 1. The van der Waals surface area contributed by atoms with Crippen molar-refractivity contribution in [3.05, 3.63) is 62.4 Å². The largest absolute Gasteiger partial charge is 0.494 e. The molecule has 6 nitrogen and oxygen atoms in total. The van der Waals surface area contributed by atoms with Gasteiger partial charge in [0.15, 0.2) is 11.6 Å². The van der Waals surface area contributed by atoms with Crippen molar-refractivity contribution >= 4 is 26.8 Å². The maximum absolute atomic E-state index is 14.3. The number of hydrogen-bond donors (Lipinski definition) is 1. The van der Waals surface area contributed by atoms with E-state index in [0.717, 1.165) is 19.4 Å². The number of aromatic nitrogens is 2. The first-order chi connectivity index (χ1) is 13.5. The Morgan fingerprint density at radius 2 is 2.21 bits per heavy atom. The molecular weight excluding hydrogens is 427 g/mol. The molecule has 0 aliphatic carbocycles. The van der Waals surface area contributed by atoms with Gasteiger partial charge in [-0.3, -0.25) is 9.36 Å². The molecule has 0 amide bonds. The molecule has 1 aromatic heterocycles. The minimum Gasteiger partial charge on any atom is -0.494 e. The van der Waals surface area contributed by atoms with Crippen LogP contribution >= 0.6 is 15.9 Å². The number of nitrogens with zero attached hydrogens (tertiary/aromatic N) is 3. The minimum atomic E-state index is -0.565. The van der Waals surface area contributed by atoms with Crippen LogP contribution < -0.4 is 15.6 Å². The van der Waals surface area contributed by atoms with Crippen LogP contribution in [0.25, 0.3) is 16.6 Å². The van der Waals surface area contributed by atoms with Gasteiger partial charge in [0.1, 0.15) is 5.82 Å². The fourth-order valence-electron chi connectivity index (χ4n) is 3.51. The molecule has 2 aromatic carbocycles. The van der Waals surface area contributed by atoms with Gasteiger partial charge in [-0.25, -0.2) is 9.37 Å². The van der Waals surface area contributed by atoms with E-state index in [4.69, 9.17) is 9.72 Å². The van der Waals surface area contributed by atoms with E-state index in [1.54, 1.807) is 12.1 Å². The zero-order valence-electron chi connectivity index (χ0n) is 15.0. The Labute approximate surface area is 168 Å². The van der Waals surface area contributed by atoms with E-state index in [-0.39, 0.29) is 17.4 Å². The predicted octanol–water partition coefficient (Wildman–Crippen LogP) is 3.59. The molecule has 28 heavy (non-hydrogen) atoms. The molecular formula is C20H16BrFN4O2. The van der Waals surface area contributed by atoms with Crippen LogP contribution in [0.1, 0.15) is 30.3 Å². The highest BCUT2D eigenvalue weighted by molar-refractivity contribution is 9.10. The molecule has 8 heteroatoms. The number of hydrogen-bond acceptors (Lipinski definition) is 5. The number of halogens is 2. The lowest BCUT2D eigenvalue weighted by atomic mass is 10.1. The van der Waals surface area contributed by atoms with E-state index in [9.17, 15) is 14.4 Å². The number of nitrogens with one attached hydrogen (secondary N) is 1. The van der Waals surface area contributed by atoms with Gasteiger partial charge in [-0.2, -0.15) is 5.26 Å². The van der Waals surface area contributed by atoms with Crippen molar-refractivity contribution in [2.75, 3.05) is 13.7 Å². The Morgan fingerprint density at radius 3 is 2.86 bits per heavy atom. The van der Waals surface area contributed by atoms with Gasteiger partial charge in [-0.1, -0.05) is 0 Å². The minimum absolute atomic E-state index is 0.0978. The Balaban J connectivity index is 2.06. The average Bonchev–Trinajstić information content (AvgIpc) is 3.22. The second-order valence-electron chi connectivity index (χ2n) is 6.54. The molecule has 1 aliphatic heterocycles. The highest BCUT2D eigenvalue weighted by atomic mass is 79.9. The summed E-state index contributed by atoms with van der Waals surface area (Å²) in [6, 6.07) is 9.44. The molecule has 1 saturated heterocycles. The lowest BCUT2D eigenvalue weighted by Gasteiger charge is -2.19. The van der Waals surface area contributed by atoms with Crippen LogP contribution in [-0.2, 0) is 0 Å². The molecule has 0 saturated carbocycles. The van der Waals surface area contributed by atoms with Crippen molar-refractivity contribution in [2.24, 2.45) is 0 Å². The highest BCUT2D eigenvalue weighted by Gasteiger charge is 2.25. The zero-order chi connectivity index (χ0) is 19.8. The molecule has 2 heterocycles. The lowest BCUT2D eigenvalue weighted by molar-refractivity contribution is 0.386. The summed E-state index contributed by atoms with van der Waals surface area (Å²) in [5.74, 6) is 0.0508.